The lowest BCUT2D eigenvalue weighted by molar-refractivity contribution is -0.140. The Bertz CT molecular complexity index is 470. The predicted molar refractivity (Wildman–Crippen MR) is 65.2 cm³/mol. The molecule has 0 aliphatic rings. The summed E-state index contributed by atoms with van der Waals surface area (Å²) in [6.07, 6.45) is 0.282. The topological polar surface area (TPSA) is 83.8 Å². The van der Waals surface area contributed by atoms with Crippen molar-refractivity contribution in [3.05, 3.63) is 23.3 Å². The molecule has 1 aromatic rings. The minimum Gasteiger partial charge on any atom is -0.508 e. The second kappa shape index (κ2) is 6.26. The summed E-state index contributed by atoms with van der Waals surface area (Å²) in [5.41, 5.74) is 0.411. The Labute approximate surface area is 109 Å². The summed E-state index contributed by atoms with van der Waals surface area (Å²) >= 11 is 5.40. The van der Waals surface area contributed by atoms with Gasteiger partial charge in [-0.25, -0.2) is 0 Å². The number of carbonyl (C=O) groups is 2. The first-order valence-electron chi connectivity index (χ1n) is 5.20. The molecule has 0 spiro atoms. The van der Waals surface area contributed by atoms with E-state index in [1.54, 1.807) is 0 Å². The molecule has 0 atom stereocenters. The molecule has 1 aromatic carbocycles. The molecular formula is C12H13ClO5. The molecule has 0 aromatic heterocycles. The second-order valence-electron chi connectivity index (χ2n) is 3.63. The number of rotatable bonds is 5. The van der Waals surface area contributed by atoms with Gasteiger partial charge in [0.2, 0.25) is 0 Å². The van der Waals surface area contributed by atoms with Crippen LogP contribution >= 0.6 is 11.6 Å². The van der Waals surface area contributed by atoms with E-state index in [1.165, 1.54) is 13.2 Å². The molecule has 18 heavy (non-hydrogen) atoms. The Hall–Kier alpha value is -1.75. The third kappa shape index (κ3) is 3.37. The summed E-state index contributed by atoms with van der Waals surface area (Å²) in [5.74, 6) is -1.65. The number of aryl methyl sites for hydroxylation is 1. The van der Waals surface area contributed by atoms with E-state index in [1.807, 2.05) is 0 Å². The number of benzene rings is 1. The van der Waals surface area contributed by atoms with Gasteiger partial charge in [-0.2, -0.15) is 0 Å². The average molecular weight is 273 g/mol. The van der Waals surface area contributed by atoms with Gasteiger partial charge in [0.1, 0.15) is 11.5 Å². The zero-order chi connectivity index (χ0) is 13.7. The second-order valence-corrected chi connectivity index (χ2v) is 3.90. The summed E-state index contributed by atoms with van der Waals surface area (Å²) in [4.78, 5) is 22.4. The van der Waals surface area contributed by atoms with Crippen LogP contribution in [0.15, 0.2) is 12.1 Å². The molecule has 6 heteroatoms. The molecule has 0 amide bonds. The normalized spacial score (nSPS) is 10.1. The Morgan fingerprint density at radius 2 is 1.94 bits per heavy atom. The number of hydrogen-bond donors (Lipinski definition) is 2. The molecule has 0 bridgehead atoms. The molecule has 5 nitrogen and oxygen atoms in total. The van der Waals surface area contributed by atoms with Crippen LogP contribution in [0.1, 0.15) is 22.3 Å². The minimum atomic E-state index is -0.450. The average Bonchev–Trinajstić information content (AvgIpc) is 2.36. The summed E-state index contributed by atoms with van der Waals surface area (Å²) in [6, 6.07) is 2.39. The van der Waals surface area contributed by atoms with E-state index in [0.29, 0.717) is 5.56 Å². The van der Waals surface area contributed by atoms with Gasteiger partial charge in [0, 0.05) is 12.5 Å². The van der Waals surface area contributed by atoms with E-state index in [-0.39, 0.29) is 35.8 Å². The highest BCUT2D eigenvalue weighted by atomic mass is 35.5. The van der Waals surface area contributed by atoms with Crippen LogP contribution in [0.3, 0.4) is 0 Å². The number of phenols is 2. The Kier molecular flexibility index (Phi) is 4.97. The first-order valence-corrected chi connectivity index (χ1v) is 5.73. The van der Waals surface area contributed by atoms with Gasteiger partial charge in [0.15, 0.2) is 5.78 Å². The first-order chi connectivity index (χ1) is 8.49. The fourth-order valence-corrected chi connectivity index (χ4v) is 1.60. The van der Waals surface area contributed by atoms with E-state index in [4.69, 9.17) is 11.6 Å². The quantitative estimate of drug-likeness (QED) is 0.483. The third-order valence-corrected chi connectivity index (χ3v) is 2.69. The predicted octanol–water partition coefficient (Wildman–Crippen LogP) is 1.62. The number of esters is 1. The third-order valence-electron chi connectivity index (χ3n) is 2.44. The zero-order valence-corrected chi connectivity index (χ0v) is 10.5. The van der Waals surface area contributed by atoms with Crippen LogP contribution < -0.4 is 0 Å². The van der Waals surface area contributed by atoms with E-state index in [2.05, 4.69) is 4.74 Å². The SMILES string of the molecule is COC(=O)CCc1cc(C(=O)CCl)c(O)cc1O. The van der Waals surface area contributed by atoms with E-state index in [0.717, 1.165) is 6.07 Å². The molecule has 0 fully saturated rings. The van der Waals surface area contributed by atoms with Crippen molar-refractivity contribution in [1.29, 1.82) is 0 Å². The summed E-state index contributed by atoms with van der Waals surface area (Å²) < 4.78 is 4.48. The lowest BCUT2D eigenvalue weighted by atomic mass is 10.0. The van der Waals surface area contributed by atoms with Gasteiger partial charge in [-0.15, -0.1) is 11.6 Å². The summed E-state index contributed by atoms with van der Waals surface area (Å²) in [7, 11) is 1.27. The van der Waals surface area contributed by atoms with Crippen molar-refractivity contribution in [3.8, 4) is 11.5 Å². The molecule has 0 saturated heterocycles. The maximum atomic E-state index is 11.4. The molecule has 2 N–H and O–H groups in total. The van der Waals surface area contributed by atoms with Gasteiger partial charge in [-0.05, 0) is 18.1 Å². The number of phenolic OH excluding ortho intramolecular Hbond substituents is 2. The number of alkyl halides is 1. The largest absolute Gasteiger partial charge is 0.508 e. The molecule has 0 saturated carbocycles. The Morgan fingerprint density at radius 1 is 1.28 bits per heavy atom. The van der Waals surface area contributed by atoms with E-state index >= 15 is 0 Å². The van der Waals surface area contributed by atoms with Crippen molar-refractivity contribution < 1.29 is 24.5 Å². The van der Waals surface area contributed by atoms with Crippen molar-refractivity contribution in [2.45, 2.75) is 12.8 Å². The van der Waals surface area contributed by atoms with Crippen molar-refractivity contribution in [2.75, 3.05) is 13.0 Å². The number of ether oxygens (including phenoxy) is 1. The Morgan fingerprint density at radius 3 is 2.50 bits per heavy atom. The number of Topliss-reactive ketones (excluding diaryl/α,β-unsaturated/α-hetero) is 1. The van der Waals surface area contributed by atoms with Crippen molar-refractivity contribution in [2.24, 2.45) is 0 Å². The van der Waals surface area contributed by atoms with Gasteiger partial charge < -0.3 is 14.9 Å². The van der Waals surface area contributed by atoms with Crippen LogP contribution in [0, 0.1) is 0 Å². The molecule has 0 aliphatic carbocycles. The highest BCUT2D eigenvalue weighted by Gasteiger charge is 2.15. The van der Waals surface area contributed by atoms with E-state index in [9.17, 15) is 19.8 Å². The number of aromatic hydroxyl groups is 2. The summed E-state index contributed by atoms with van der Waals surface area (Å²) in [5, 5.41) is 19.1. The first kappa shape index (κ1) is 14.3. The number of ketones is 1. The molecule has 1 rings (SSSR count). The standard InChI is InChI=1S/C12H13ClO5/c1-18-12(17)3-2-7-4-8(11(16)6-13)10(15)5-9(7)14/h4-5,14-15H,2-3,6H2,1H3. The molecule has 0 heterocycles. The van der Waals surface area contributed by atoms with Gasteiger partial charge in [0.05, 0.1) is 18.6 Å². The number of methoxy groups -OCH3 is 1. The van der Waals surface area contributed by atoms with Gasteiger partial charge in [-0.1, -0.05) is 0 Å². The lowest BCUT2D eigenvalue weighted by Gasteiger charge is -2.08. The van der Waals surface area contributed by atoms with Crippen LogP contribution in [0.25, 0.3) is 0 Å². The number of hydrogen-bond acceptors (Lipinski definition) is 5. The highest BCUT2D eigenvalue weighted by Crippen LogP contribution is 2.28. The van der Waals surface area contributed by atoms with Crippen LogP contribution in [0.2, 0.25) is 0 Å². The minimum absolute atomic E-state index is 0.0302. The monoisotopic (exact) mass is 272 g/mol. The fraction of sp³-hybridized carbons (Fsp3) is 0.333. The van der Waals surface area contributed by atoms with Crippen LogP contribution in [0.4, 0.5) is 0 Å². The van der Waals surface area contributed by atoms with Crippen LogP contribution in [-0.2, 0) is 16.0 Å². The van der Waals surface area contributed by atoms with Crippen LogP contribution in [0.5, 0.6) is 11.5 Å². The summed E-state index contributed by atoms with van der Waals surface area (Å²) in [6.45, 7) is 0. The number of carbonyl (C=O) groups excluding carboxylic acids is 2. The van der Waals surface area contributed by atoms with Crippen molar-refractivity contribution in [3.63, 3.8) is 0 Å². The molecule has 0 aliphatic heterocycles. The molecular weight excluding hydrogens is 260 g/mol. The van der Waals surface area contributed by atoms with Gasteiger partial charge in [-0.3, -0.25) is 9.59 Å². The lowest BCUT2D eigenvalue weighted by Crippen LogP contribution is -2.05. The molecule has 98 valence electrons. The van der Waals surface area contributed by atoms with Crippen molar-refractivity contribution in [1.82, 2.24) is 0 Å². The number of halogens is 1. The van der Waals surface area contributed by atoms with E-state index < -0.39 is 11.8 Å². The molecule has 0 radical (unpaired) electrons. The van der Waals surface area contributed by atoms with Gasteiger partial charge >= 0.3 is 5.97 Å². The van der Waals surface area contributed by atoms with Crippen LogP contribution in [-0.4, -0.2) is 35.0 Å². The highest BCUT2D eigenvalue weighted by molar-refractivity contribution is 6.30. The zero-order valence-electron chi connectivity index (χ0n) is 9.77. The maximum Gasteiger partial charge on any atom is 0.305 e. The Balaban J connectivity index is 2.98. The fourth-order valence-electron chi connectivity index (χ4n) is 1.46. The maximum absolute atomic E-state index is 11.4. The smallest absolute Gasteiger partial charge is 0.305 e. The molecule has 0 unspecified atom stereocenters. The van der Waals surface area contributed by atoms with Crippen molar-refractivity contribution >= 4 is 23.4 Å². The van der Waals surface area contributed by atoms with Gasteiger partial charge in [0.25, 0.3) is 0 Å².